The van der Waals surface area contributed by atoms with E-state index in [1.165, 1.54) is 37.4 Å². The summed E-state index contributed by atoms with van der Waals surface area (Å²) in [7, 11) is -7.95. The number of hydrogen-bond donors (Lipinski definition) is 2. The molecule has 2 fully saturated rings. The molecule has 2 aromatic carbocycles. The highest BCUT2D eigenvalue weighted by Crippen LogP contribution is 2.36. The molecular formula is C60H62F2N16O4S2. The molecule has 10 aromatic rings. The molecule has 2 aliphatic carbocycles. The molecule has 0 radical (unpaired) electrons. The van der Waals surface area contributed by atoms with E-state index in [1.807, 2.05) is 39.8 Å². The summed E-state index contributed by atoms with van der Waals surface area (Å²) in [4.78, 5) is 52.5. The largest absolute Gasteiger partial charge is 0.367 e. The van der Waals surface area contributed by atoms with Crippen LogP contribution in [0.25, 0.3) is 44.8 Å². The quantitative estimate of drug-likeness (QED) is 0.103. The van der Waals surface area contributed by atoms with Crippen molar-refractivity contribution in [2.24, 2.45) is 11.8 Å². The van der Waals surface area contributed by atoms with Crippen molar-refractivity contribution in [2.75, 3.05) is 10.6 Å². The molecule has 24 heteroatoms. The Hall–Kier alpha value is -8.64. The van der Waals surface area contributed by atoms with Gasteiger partial charge in [0.25, 0.3) is 20.0 Å². The minimum Gasteiger partial charge on any atom is -0.367 e. The number of nitrogens with one attached hydrogen (secondary N) is 2. The molecule has 2 saturated carbocycles. The normalized spacial score (nSPS) is 17.4. The van der Waals surface area contributed by atoms with Crippen LogP contribution in [0.4, 0.5) is 20.5 Å². The molecule has 0 amide bonds. The van der Waals surface area contributed by atoms with Crippen molar-refractivity contribution in [3.8, 4) is 22.8 Å². The predicted octanol–water partition coefficient (Wildman–Crippen LogP) is 10.4. The third-order valence-corrected chi connectivity index (χ3v) is 18.8. The van der Waals surface area contributed by atoms with E-state index >= 15 is 8.78 Å². The van der Waals surface area contributed by atoms with Gasteiger partial charge in [-0.15, -0.1) is 0 Å². The number of halogens is 2. The standard InChI is InChI=1S/2C30H31FN8O2S/c1-18-7-9-23(10-8-18)42(40,41)39-15-25(24-14-32-16-35-30(24)39)29-36-20(3)28(31)26(38-29)13-21-5-4-6-22(12-21)37-27-11-19(2)33-17-34-27;1-18-7-9-23(10-8-18)42(40,41)39-16-25(24-15-32-17-34-29(24)39)28-36-20(3)27(31)26(38-28)14-21-5-4-6-22(13-21)37-30-33-12-11-19(2)35-30/h7-11,14-17,21-22H,4-6,12-13H2,1-3H3,(H,33,34,37);7-12,15-17,21-22H,4-6,13-14H2,1-3H3,(H,33,35,37)/t2*21-,22+/m11/s1. The number of benzene rings is 2. The Labute approximate surface area is 485 Å². The molecule has 0 spiro atoms. The van der Waals surface area contributed by atoms with Crippen LogP contribution < -0.4 is 10.6 Å². The monoisotopic (exact) mass is 1170 g/mol. The van der Waals surface area contributed by atoms with E-state index in [0.717, 1.165) is 87.6 Å². The van der Waals surface area contributed by atoms with Crippen molar-refractivity contribution in [1.29, 1.82) is 0 Å². The summed E-state index contributed by atoms with van der Waals surface area (Å²) in [6.07, 6.45) is 20.3. The summed E-state index contributed by atoms with van der Waals surface area (Å²) in [6.45, 7) is 10.8. The maximum absolute atomic E-state index is 15.4. The zero-order valence-electron chi connectivity index (χ0n) is 47.2. The topological polar surface area (TPSA) is 257 Å². The van der Waals surface area contributed by atoms with Gasteiger partial charge >= 0.3 is 0 Å². The minimum atomic E-state index is -3.98. The van der Waals surface area contributed by atoms with Gasteiger partial charge in [-0.05, 0) is 135 Å². The van der Waals surface area contributed by atoms with E-state index in [0.29, 0.717) is 52.1 Å². The summed E-state index contributed by atoms with van der Waals surface area (Å²) >= 11 is 0. The highest BCUT2D eigenvalue weighted by atomic mass is 32.2. The van der Waals surface area contributed by atoms with Gasteiger partial charge in [-0.25, -0.2) is 93.4 Å². The lowest BCUT2D eigenvalue weighted by atomic mass is 9.83. The van der Waals surface area contributed by atoms with E-state index < -0.39 is 31.7 Å². The molecule has 84 heavy (non-hydrogen) atoms. The van der Waals surface area contributed by atoms with Gasteiger partial charge in [0.1, 0.15) is 24.8 Å². The van der Waals surface area contributed by atoms with Crippen LogP contribution in [0.2, 0.25) is 0 Å². The minimum absolute atomic E-state index is 0.128. The molecule has 0 aliphatic heterocycles. The molecule has 8 aromatic heterocycles. The van der Waals surface area contributed by atoms with E-state index in [-0.39, 0.29) is 68.0 Å². The number of nitrogens with zero attached hydrogens (tertiary/aromatic N) is 14. The molecule has 2 N–H and O–H groups in total. The van der Waals surface area contributed by atoms with Gasteiger partial charge in [0.05, 0.1) is 32.6 Å². The van der Waals surface area contributed by atoms with Crippen LogP contribution in [0, 0.1) is 65.0 Å². The lowest BCUT2D eigenvalue weighted by Crippen LogP contribution is -2.29. The van der Waals surface area contributed by atoms with Crippen molar-refractivity contribution in [1.82, 2.24) is 67.8 Å². The van der Waals surface area contributed by atoms with Crippen LogP contribution >= 0.6 is 0 Å². The Balaban J connectivity index is 0.000000175. The van der Waals surface area contributed by atoms with Gasteiger partial charge in [-0.1, -0.05) is 48.2 Å². The van der Waals surface area contributed by atoms with Crippen molar-refractivity contribution >= 4 is 53.9 Å². The second-order valence-corrected chi connectivity index (χ2v) is 25.5. The fraction of sp³-hybridized carbons (Fsp3) is 0.333. The summed E-state index contributed by atoms with van der Waals surface area (Å²) < 4.78 is 87.6. The first-order valence-electron chi connectivity index (χ1n) is 27.8. The van der Waals surface area contributed by atoms with Crippen LogP contribution in [-0.4, -0.2) is 96.7 Å². The van der Waals surface area contributed by atoms with Gasteiger partial charge in [0, 0.05) is 82.4 Å². The van der Waals surface area contributed by atoms with Crippen molar-refractivity contribution in [3.63, 3.8) is 0 Å². The smallest absolute Gasteiger partial charge is 0.269 e. The maximum atomic E-state index is 15.4. The van der Waals surface area contributed by atoms with E-state index in [9.17, 15) is 16.8 Å². The Bertz CT molecular complexity index is 4020. The molecule has 432 valence electrons. The zero-order valence-corrected chi connectivity index (χ0v) is 48.9. The second-order valence-electron chi connectivity index (χ2n) is 21.8. The lowest BCUT2D eigenvalue weighted by Gasteiger charge is -2.30. The Kier molecular flexibility index (Phi) is 16.3. The Morgan fingerprint density at radius 3 is 1.50 bits per heavy atom. The number of fused-ring (bicyclic) bond motifs is 2. The molecular weight excluding hydrogens is 1110 g/mol. The van der Waals surface area contributed by atoms with Crippen LogP contribution in [0.15, 0.2) is 120 Å². The first-order valence-corrected chi connectivity index (χ1v) is 30.7. The highest BCUT2D eigenvalue weighted by molar-refractivity contribution is 7.90. The summed E-state index contributed by atoms with van der Waals surface area (Å²) in [5.74, 6) is 1.40. The van der Waals surface area contributed by atoms with Gasteiger partial charge in [0.2, 0.25) is 5.95 Å². The van der Waals surface area contributed by atoms with E-state index in [2.05, 4.69) is 70.4 Å². The summed E-state index contributed by atoms with van der Waals surface area (Å²) in [6, 6.07) is 17.4. The second kappa shape index (κ2) is 23.9. The van der Waals surface area contributed by atoms with E-state index in [1.54, 1.807) is 74.9 Å². The first kappa shape index (κ1) is 57.2. The molecule has 20 nitrogen and oxygen atoms in total. The van der Waals surface area contributed by atoms with E-state index in [4.69, 9.17) is 0 Å². The van der Waals surface area contributed by atoms with Gasteiger partial charge in [0.15, 0.2) is 34.6 Å². The zero-order chi connectivity index (χ0) is 58.9. The van der Waals surface area contributed by atoms with Crippen molar-refractivity contribution in [3.05, 3.63) is 168 Å². The third kappa shape index (κ3) is 12.2. The SMILES string of the molecule is Cc1ccc(S(=O)(=O)n2cc(-c3nc(C)c(F)c(C[C@@H]4CCC[C@H](Nc5cc(C)ncn5)C4)n3)c3cncnc32)cc1.Cc1ccc(S(=O)(=O)n2cc(-c3nc(C)c(F)c(C[C@@H]4CCC[C@H](Nc5nccc(C)n5)C4)n3)c3cncnc32)cc1. The van der Waals surface area contributed by atoms with Crippen molar-refractivity contribution < 1.29 is 25.6 Å². The molecule has 0 saturated heterocycles. The fourth-order valence-electron chi connectivity index (χ4n) is 11.2. The molecule has 2 aliphatic rings. The average Bonchev–Trinajstić information content (AvgIpc) is 1.96. The lowest BCUT2D eigenvalue weighted by molar-refractivity contribution is 0.327. The molecule has 8 heterocycles. The highest BCUT2D eigenvalue weighted by Gasteiger charge is 2.30. The summed E-state index contributed by atoms with van der Waals surface area (Å²) in [5.41, 5.74) is 5.97. The fourth-order valence-corrected chi connectivity index (χ4v) is 13.8. The number of rotatable bonds is 14. The first-order chi connectivity index (χ1) is 40.4. The van der Waals surface area contributed by atoms with Gasteiger partial charge in [-0.2, -0.15) is 0 Å². The number of hydrogen-bond acceptors (Lipinski definition) is 18. The average molecular weight is 1170 g/mol. The molecule has 4 atom stereocenters. The predicted molar refractivity (Wildman–Crippen MR) is 314 cm³/mol. The van der Waals surface area contributed by atoms with Gasteiger partial charge in [-0.3, -0.25) is 0 Å². The Morgan fingerprint density at radius 2 is 1.02 bits per heavy atom. The van der Waals surface area contributed by atoms with Crippen molar-refractivity contribution in [2.45, 2.75) is 128 Å². The maximum Gasteiger partial charge on any atom is 0.269 e. The summed E-state index contributed by atoms with van der Waals surface area (Å²) in [5, 5.41) is 7.86. The van der Waals surface area contributed by atoms with Crippen LogP contribution in [0.3, 0.4) is 0 Å². The number of aryl methyl sites for hydroxylation is 6. The van der Waals surface area contributed by atoms with Crippen LogP contribution in [0.1, 0.15) is 96.7 Å². The van der Waals surface area contributed by atoms with Crippen LogP contribution in [0.5, 0.6) is 0 Å². The number of aromatic nitrogens is 14. The Morgan fingerprint density at radius 1 is 0.536 bits per heavy atom. The molecule has 0 bridgehead atoms. The number of anilines is 2. The molecule has 12 rings (SSSR count). The van der Waals surface area contributed by atoms with Crippen LogP contribution in [-0.2, 0) is 32.9 Å². The molecule has 0 unspecified atom stereocenters. The third-order valence-electron chi connectivity index (χ3n) is 15.5. The van der Waals surface area contributed by atoms with Gasteiger partial charge < -0.3 is 10.6 Å².